The second-order valence-electron chi connectivity index (χ2n) is 11.1. The van der Waals surface area contributed by atoms with E-state index in [0.29, 0.717) is 6.07 Å². The molecule has 0 radical (unpaired) electrons. The Bertz CT molecular complexity index is 2500. The molecular formula is C32H6BF17O2. The number of rotatable bonds is 5. The SMILES string of the molecule is FC1=C(F)C(F)(OB(Oc2c(F)c(F)c(F)c3c(F)c(F)ccc23)c2c(F)c(F)c(F)c3c2Cc2ccc(F)c(F)c2-3)c2c(F)c(F)c(F)c(F)c21. The number of benzene rings is 5. The van der Waals surface area contributed by atoms with Gasteiger partial charge in [-0.05, 0) is 35.7 Å². The second-order valence-corrected chi connectivity index (χ2v) is 11.1. The minimum absolute atomic E-state index is 0.137. The molecule has 2 nitrogen and oxygen atoms in total. The van der Waals surface area contributed by atoms with Gasteiger partial charge in [-0.2, -0.15) is 8.78 Å². The fraction of sp³-hybridized carbons (Fsp3) is 0.0625. The third-order valence-corrected chi connectivity index (χ3v) is 8.42. The Morgan fingerprint density at radius 2 is 1.08 bits per heavy atom. The van der Waals surface area contributed by atoms with E-state index < -0.39 is 168 Å². The molecule has 5 aromatic carbocycles. The molecular weight excluding hydrogens is 750 g/mol. The number of hydrogen-bond acceptors (Lipinski definition) is 2. The van der Waals surface area contributed by atoms with Gasteiger partial charge in [0.15, 0.2) is 81.5 Å². The van der Waals surface area contributed by atoms with Crippen LogP contribution in [0.15, 0.2) is 30.1 Å². The van der Waals surface area contributed by atoms with Crippen LogP contribution < -0.4 is 10.1 Å². The molecule has 52 heavy (non-hydrogen) atoms. The summed E-state index contributed by atoms with van der Waals surface area (Å²) in [6.45, 7) is 0. The van der Waals surface area contributed by atoms with Gasteiger partial charge in [-0.1, -0.05) is 6.07 Å². The molecule has 1 unspecified atom stereocenters. The van der Waals surface area contributed by atoms with Gasteiger partial charge < -0.3 is 9.31 Å². The van der Waals surface area contributed by atoms with Gasteiger partial charge in [-0.15, -0.1) is 0 Å². The van der Waals surface area contributed by atoms with E-state index in [4.69, 9.17) is 4.65 Å². The summed E-state index contributed by atoms with van der Waals surface area (Å²) in [5.74, 6) is -47.7. The molecule has 7 rings (SSSR count). The van der Waals surface area contributed by atoms with Crippen LogP contribution in [-0.4, -0.2) is 7.12 Å². The second kappa shape index (κ2) is 11.6. The van der Waals surface area contributed by atoms with Gasteiger partial charge >= 0.3 is 7.12 Å². The van der Waals surface area contributed by atoms with Crippen molar-refractivity contribution in [2.45, 2.75) is 12.3 Å². The van der Waals surface area contributed by atoms with Gasteiger partial charge in [-0.25, -0.2) is 65.9 Å². The Morgan fingerprint density at radius 3 is 1.75 bits per heavy atom. The minimum atomic E-state index is -5.20. The van der Waals surface area contributed by atoms with Crippen molar-refractivity contribution in [2.24, 2.45) is 0 Å². The van der Waals surface area contributed by atoms with Gasteiger partial charge in [0.2, 0.25) is 11.6 Å². The van der Waals surface area contributed by atoms with Crippen LogP contribution in [0.25, 0.3) is 27.7 Å². The molecule has 0 amide bonds. The maximum Gasteiger partial charge on any atom is 0.569 e. The zero-order chi connectivity index (χ0) is 38.0. The van der Waals surface area contributed by atoms with Gasteiger partial charge in [0.1, 0.15) is 5.75 Å². The Labute approximate surface area is 276 Å². The number of halogens is 17. The van der Waals surface area contributed by atoms with Crippen LogP contribution in [0, 0.1) is 81.4 Å². The molecule has 0 bridgehead atoms. The smallest absolute Gasteiger partial charge is 0.530 e. The van der Waals surface area contributed by atoms with Crippen LogP contribution >= 0.6 is 0 Å². The fourth-order valence-corrected chi connectivity index (χ4v) is 6.11. The molecule has 0 aromatic heterocycles. The average molecular weight is 756 g/mol. The molecule has 0 fully saturated rings. The molecule has 5 aromatic rings. The lowest BCUT2D eigenvalue weighted by Crippen LogP contribution is -2.49. The Morgan fingerprint density at radius 1 is 0.519 bits per heavy atom. The van der Waals surface area contributed by atoms with E-state index in [1.807, 2.05) is 0 Å². The molecule has 0 saturated carbocycles. The zero-order valence-corrected chi connectivity index (χ0v) is 24.3. The van der Waals surface area contributed by atoms with Crippen molar-refractivity contribution >= 4 is 29.2 Å². The molecule has 2 aliphatic carbocycles. The first-order chi connectivity index (χ1) is 24.3. The quantitative estimate of drug-likeness (QED) is 0.0756. The van der Waals surface area contributed by atoms with E-state index in [1.165, 1.54) is 0 Å². The first kappa shape index (κ1) is 35.2. The van der Waals surface area contributed by atoms with Gasteiger partial charge in [0, 0.05) is 22.0 Å². The molecule has 20 heteroatoms. The van der Waals surface area contributed by atoms with E-state index in [2.05, 4.69) is 4.65 Å². The van der Waals surface area contributed by atoms with E-state index in [9.17, 15) is 43.9 Å². The van der Waals surface area contributed by atoms with Crippen molar-refractivity contribution in [1.29, 1.82) is 0 Å². The summed E-state index contributed by atoms with van der Waals surface area (Å²) in [6.07, 6.45) is -1.05. The Hall–Kier alpha value is -5.27. The van der Waals surface area contributed by atoms with Gasteiger partial charge in [0.25, 0.3) is 5.85 Å². The summed E-state index contributed by atoms with van der Waals surface area (Å²) in [5, 5.41) is -3.16. The normalized spacial score (nSPS) is 16.2. The summed E-state index contributed by atoms with van der Waals surface area (Å²) < 4.78 is 263. The summed E-state index contributed by atoms with van der Waals surface area (Å²) in [6, 6.07) is 1.58. The Kier molecular flexibility index (Phi) is 7.86. The number of alkyl halides is 1. The monoisotopic (exact) mass is 756 g/mol. The summed E-state index contributed by atoms with van der Waals surface area (Å²) >= 11 is 0. The zero-order valence-electron chi connectivity index (χ0n) is 24.3. The summed E-state index contributed by atoms with van der Waals surface area (Å²) in [5.41, 5.74) is -10.9. The van der Waals surface area contributed by atoms with Crippen LogP contribution in [0.5, 0.6) is 5.75 Å². The molecule has 0 aliphatic heterocycles. The van der Waals surface area contributed by atoms with Crippen LogP contribution in [0.1, 0.15) is 22.3 Å². The van der Waals surface area contributed by atoms with Crippen LogP contribution in [0.4, 0.5) is 74.6 Å². The fourth-order valence-electron chi connectivity index (χ4n) is 6.11. The Balaban J connectivity index is 1.56. The van der Waals surface area contributed by atoms with E-state index in [-0.39, 0.29) is 12.1 Å². The van der Waals surface area contributed by atoms with Gasteiger partial charge in [-0.3, -0.25) is 0 Å². The lowest BCUT2D eigenvalue weighted by atomic mass is 9.72. The lowest BCUT2D eigenvalue weighted by Gasteiger charge is -2.28. The maximum atomic E-state index is 16.7. The van der Waals surface area contributed by atoms with Crippen molar-refractivity contribution in [3.8, 4) is 16.9 Å². The predicted molar refractivity (Wildman–Crippen MR) is 144 cm³/mol. The topological polar surface area (TPSA) is 18.5 Å². The average Bonchev–Trinajstić information content (AvgIpc) is 3.58. The van der Waals surface area contributed by atoms with Crippen molar-refractivity contribution in [3.05, 3.63) is 134 Å². The van der Waals surface area contributed by atoms with Crippen molar-refractivity contribution in [1.82, 2.24) is 0 Å². The molecule has 0 N–H and O–H groups in total. The highest BCUT2D eigenvalue weighted by molar-refractivity contribution is 6.63. The molecule has 0 spiro atoms. The number of fused-ring (bicyclic) bond motifs is 5. The largest absolute Gasteiger partial charge is 0.569 e. The molecule has 0 saturated heterocycles. The van der Waals surface area contributed by atoms with Crippen molar-refractivity contribution in [3.63, 3.8) is 0 Å². The summed E-state index contributed by atoms with van der Waals surface area (Å²) in [4.78, 5) is 0. The number of hydrogen-bond donors (Lipinski definition) is 0. The van der Waals surface area contributed by atoms with Crippen LogP contribution in [0.3, 0.4) is 0 Å². The highest BCUT2D eigenvalue weighted by atomic mass is 19.2. The highest BCUT2D eigenvalue weighted by Gasteiger charge is 2.58. The van der Waals surface area contributed by atoms with Crippen molar-refractivity contribution < 1.29 is 83.9 Å². The van der Waals surface area contributed by atoms with E-state index in [1.54, 1.807) is 0 Å². The van der Waals surface area contributed by atoms with E-state index >= 15 is 30.7 Å². The first-order valence-electron chi connectivity index (χ1n) is 13.9. The molecule has 0 heterocycles. The third kappa shape index (κ3) is 4.51. The van der Waals surface area contributed by atoms with Gasteiger partial charge in [0.05, 0.1) is 16.5 Å². The minimum Gasteiger partial charge on any atom is -0.530 e. The van der Waals surface area contributed by atoms with E-state index in [0.717, 1.165) is 6.07 Å². The lowest BCUT2D eigenvalue weighted by molar-refractivity contribution is -0.0620. The standard InChI is InChI=1S/C32H6BF17O2/c34-9-3-1-6-5-8-12(11(6)17(9)36)19(38)25(44)24(43)16(8)33(51-30-7-2-4-10(35)18(37)13(7)20(39)27(46)29(30)48)52-32(50)15-14(22(41)31(32)49)21(40)26(45)28(47)23(15)42/h1-4H,5H2. The molecule has 1 atom stereocenters. The highest BCUT2D eigenvalue weighted by Crippen LogP contribution is 2.53. The molecule has 2 aliphatic rings. The third-order valence-electron chi connectivity index (χ3n) is 8.42. The van der Waals surface area contributed by atoms with Crippen LogP contribution in [0.2, 0.25) is 0 Å². The van der Waals surface area contributed by atoms with Crippen LogP contribution in [-0.2, 0) is 16.9 Å². The summed E-state index contributed by atoms with van der Waals surface area (Å²) in [7, 11) is -3.69. The predicted octanol–water partition coefficient (Wildman–Crippen LogP) is 9.59. The maximum absolute atomic E-state index is 16.7. The first-order valence-corrected chi connectivity index (χ1v) is 13.9. The molecule has 268 valence electrons. The van der Waals surface area contributed by atoms with Crippen molar-refractivity contribution in [2.75, 3.05) is 0 Å².